The maximum absolute atomic E-state index is 11.9. The van der Waals surface area contributed by atoms with Gasteiger partial charge in [0, 0.05) is 23.5 Å². The van der Waals surface area contributed by atoms with Gasteiger partial charge in [-0.25, -0.2) is 0 Å². The Morgan fingerprint density at radius 1 is 1.39 bits per heavy atom. The molecule has 2 rings (SSSR count). The number of carbonyl (C=O) groups is 1. The Morgan fingerprint density at radius 2 is 2.17 bits per heavy atom. The van der Waals surface area contributed by atoms with E-state index in [1.807, 2.05) is 30.9 Å². The largest absolute Gasteiger partial charge is 0.493 e. The molecule has 0 aliphatic carbocycles. The summed E-state index contributed by atoms with van der Waals surface area (Å²) in [4.78, 5) is 13.8. The second-order valence-corrected chi connectivity index (χ2v) is 5.48. The lowest BCUT2D eigenvalue weighted by molar-refractivity contribution is -0.119. The average molecular weight is 312 g/mol. The molecule has 0 atom stereocenters. The van der Waals surface area contributed by atoms with E-state index in [0.29, 0.717) is 13.0 Å². The van der Waals surface area contributed by atoms with Gasteiger partial charge in [0.1, 0.15) is 5.75 Å². The standard InChI is InChI=1S/C14H18BrNO2/c1-10(2)16-13-5-4-12(18-8-7-15)9-11(13)3-6-14(16)17/h4-5,9-10H,3,6-8H2,1-2H3. The molecule has 0 N–H and O–H groups in total. The van der Waals surface area contributed by atoms with Gasteiger partial charge in [-0.2, -0.15) is 0 Å². The molecule has 1 aromatic rings. The number of ether oxygens (including phenoxy) is 1. The number of hydrogen-bond acceptors (Lipinski definition) is 2. The van der Waals surface area contributed by atoms with Gasteiger partial charge in [-0.05, 0) is 44.0 Å². The van der Waals surface area contributed by atoms with Crippen molar-refractivity contribution >= 4 is 27.5 Å². The Labute approximate surface area is 116 Å². The lowest BCUT2D eigenvalue weighted by Crippen LogP contribution is -2.40. The van der Waals surface area contributed by atoms with Crippen LogP contribution in [0.1, 0.15) is 25.8 Å². The van der Waals surface area contributed by atoms with Crippen LogP contribution < -0.4 is 9.64 Å². The highest BCUT2D eigenvalue weighted by Gasteiger charge is 2.26. The number of nitrogens with zero attached hydrogens (tertiary/aromatic N) is 1. The maximum atomic E-state index is 11.9. The normalized spacial score (nSPS) is 14.9. The average Bonchev–Trinajstić information content (AvgIpc) is 2.35. The van der Waals surface area contributed by atoms with Crippen LogP contribution in [-0.2, 0) is 11.2 Å². The van der Waals surface area contributed by atoms with E-state index < -0.39 is 0 Å². The number of benzene rings is 1. The summed E-state index contributed by atoms with van der Waals surface area (Å²) in [6, 6.07) is 6.19. The highest BCUT2D eigenvalue weighted by atomic mass is 79.9. The minimum Gasteiger partial charge on any atom is -0.493 e. The molecule has 18 heavy (non-hydrogen) atoms. The first kappa shape index (κ1) is 13.4. The lowest BCUT2D eigenvalue weighted by atomic mass is 9.99. The van der Waals surface area contributed by atoms with Crippen molar-refractivity contribution in [2.45, 2.75) is 32.7 Å². The summed E-state index contributed by atoms with van der Waals surface area (Å²) < 4.78 is 5.59. The van der Waals surface area contributed by atoms with E-state index in [2.05, 4.69) is 22.0 Å². The van der Waals surface area contributed by atoms with Gasteiger partial charge in [0.15, 0.2) is 0 Å². The molecule has 1 heterocycles. The van der Waals surface area contributed by atoms with Crippen molar-refractivity contribution in [3.05, 3.63) is 23.8 Å². The minimum atomic E-state index is 0.200. The molecule has 0 aromatic heterocycles. The molecule has 3 nitrogen and oxygen atoms in total. The fraction of sp³-hybridized carbons (Fsp3) is 0.500. The number of anilines is 1. The number of alkyl halides is 1. The quantitative estimate of drug-likeness (QED) is 0.799. The molecule has 0 spiro atoms. The highest BCUT2D eigenvalue weighted by molar-refractivity contribution is 9.09. The summed E-state index contributed by atoms with van der Waals surface area (Å²) in [5.74, 6) is 1.10. The van der Waals surface area contributed by atoms with Gasteiger partial charge in [-0.1, -0.05) is 15.9 Å². The fourth-order valence-corrected chi connectivity index (χ4v) is 2.47. The SMILES string of the molecule is CC(C)N1C(=O)CCc2cc(OCCBr)ccc21. The van der Waals surface area contributed by atoms with Crippen molar-refractivity contribution in [2.24, 2.45) is 0 Å². The first-order valence-electron chi connectivity index (χ1n) is 6.27. The smallest absolute Gasteiger partial charge is 0.227 e. The molecule has 0 radical (unpaired) electrons. The van der Waals surface area contributed by atoms with Crippen molar-refractivity contribution in [1.82, 2.24) is 0 Å². The van der Waals surface area contributed by atoms with Crippen LogP contribution in [0.5, 0.6) is 5.75 Å². The van der Waals surface area contributed by atoms with Crippen LogP contribution in [0.2, 0.25) is 0 Å². The van der Waals surface area contributed by atoms with E-state index in [-0.39, 0.29) is 11.9 Å². The second kappa shape index (κ2) is 5.74. The molecule has 1 aliphatic rings. The fourth-order valence-electron chi connectivity index (χ4n) is 2.31. The molecule has 0 unspecified atom stereocenters. The van der Waals surface area contributed by atoms with Gasteiger partial charge in [0.05, 0.1) is 6.61 Å². The summed E-state index contributed by atoms with van der Waals surface area (Å²) in [7, 11) is 0. The Balaban J connectivity index is 2.28. The summed E-state index contributed by atoms with van der Waals surface area (Å²) in [6.45, 7) is 4.75. The monoisotopic (exact) mass is 311 g/mol. The van der Waals surface area contributed by atoms with Crippen LogP contribution in [-0.4, -0.2) is 23.9 Å². The number of hydrogen-bond donors (Lipinski definition) is 0. The zero-order valence-corrected chi connectivity index (χ0v) is 12.4. The van der Waals surface area contributed by atoms with Gasteiger partial charge < -0.3 is 9.64 Å². The van der Waals surface area contributed by atoms with Gasteiger partial charge in [-0.3, -0.25) is 4.79 Å². The first-order chi connectivity index (χ1) is 8.63. The summed E-state index contributed by atoms with van der Waals surface area (Å²) in [6.07, 6.45) is 1.40. The number of rotatable bonds is 4. The van der Waals surface area contributed by atoms with Crippen LogP contribution >= 0.6 is 15.9 Å². The Morgan fingerprint density at radius 3 is 2.83 bits per heavy atom. The minimum absolute atomic E-state index is 0.200. The highest BCUT2D eigenvalue weighted by Crippen LogP contribution is 2.32. The molecule has 0 saturated carbocycles. The van der Waals surface area contributed by atoms with Gasteiger partial charge in [-0.15, -0.1) is 0 Å². The van der Waals surface area contributed by atoms with E-state index in [1.54, 1.807) is 0 Å². The van der Waals surface area contributed by atoms with Crippen molar-refractivity contribution in [2.75, 3.05) is 16.8 Å². The number of halogens is 1. The van der Waals surface area contributed by atoms with Crippen molar-refractivity contribution < 1.29 is 9.53 Å². The summed E-state index contributed by atoms with van der Waals surface area (Å²) in [5, 5.41) is 0.820. The maximum Gasteiger partial charge on any atom is 0.227 e. The zero-order chi connectivity index (χ0) is 13.1. The number of carbonyl (C=O) groups excluding carboxylic acids is 1. The van der Waals surface area contributed by atoms with Crippen molar-refractivity contribution in [1.29, 1.82) is 0 Å². The molecule has 0 saturated heterocycles. The van der Waals surface area contributed by atoms with E-state index in [1.165, 1.54) is 5.56 Å². The van der Waals surface area contributed by atoms with Crippen molar-refractivity contribution in [3.63, 3.8) is 0 Å². The van der Waals surface area contributed by atoms with E-state index in [4.69, 9.17) is 4.74 Å². The Bertz CT molecular complexity index is 445. The van der Waals surface area contributed by atoms with Gasteiger partial charge in [0.2, 0.25) is 5.91 Å². The van der Waals surface area contributed by atoms with Crippen molar-refractivity contribution in [3.8, 4) is 5.75 Å². The van der Waals surface area contributed by atoms with E-state index >= 15 is 0 Å². The van der Waals surface area contributed by atoms with Gasteiger partial charge in [0.25, 0.3) is 0 Å². The molecule has 0 fully saturated rings. The predicted octanol–water partition coefficient (Wildman–Crippen LogP) is 3.15. The first-order valence-corrected chi connectivity index (χ1v) is 7.39. The number of amides is 1. The molecule has 1 amide bonds. The van der Waals surface area contributed by atoms with E-state index in [0.717, 1.165) is 23.2 Å². The van der Waals surface area contributed by atoms with Gasteiger partial charge >= 0.3 is 0 Å². The third kappa shape index (κ3) is 2.69. The van der Waals surface area contributed by atoms with Crippen LogP contribution in [0.25, 0.3) is 0 Å². The third-order valence-electron chi connectivity index (χ3n) is 3.05. The summed E-state index contributed by atoms with van der Waals surface area (Å²) in [5.41, 5.74) is 2.24. The van der Waals surface area contributed by atoms with Crippen LogP contribution in [0, 0.1) is 0 Å². The second-order valence-electron chi connectivity index (χ2n) is 4.69. The predicted molar refractivity (Wildman–Crippen MR) is 76.7 cm³/mol. The molecule has 1 aliphatic heterocycles. The third-order valence-corrected chi connectivity index (χ3v) is 3.37. The molecule has 0 bridgehead atoms. The Kier molecular flexibility index (Phi) is 4.27. The lowest BCUT2D eigenvalue weighted by Gasteiger charge is -2.32. The van der Waals surface area contributed by atoms with Crippen LogP contribution in [0.3, 0.4) is 0 Å². The Hall–Kier alpha value is -1.03. The number of aryl methyl sites for hydroxylation is 1. The summed E-state index contributed by atoms with van der Waals surface area (Å²) >= 11 is 3.34. The van der Waals surface area contributed by atoms with Crippen LogP contribution in [0.4, 0.5) is 5.69 Å². The molecule has 98 valence electrons. The zero-order valence-electron chi connectivity index (χ0n) is 10.8. The molecular weight excluding hydrogens is 294 g/mol. The molecule has 4 heteroatoms. The van der Waals surface area contributed by atoms with E-state index in [9.17, 15) is 4.79 Å². The topological polar surface area (TPSA) is 29.5 Å². The van der Waals surface area contributed by atoms with Crippen LogP contribution in [0.15, 0.2) is 18.2 Å². The number of fused-ring (bicyclic) bond motifs is 1. The molecular formula is C14H18BrNO2. The molecule has 1 aromatic carbocycles.